The van der Waals surface area contributed by atoms with Gasteiger partial charge in [-0.15, -0.1) is 0 Å². The van der Waals surface area contributed by atoms with E-state index in [0.717, 1.165) is 22.2 Å². The summed E-state index contributed by atoms with van der Waals surface area (Å²) in [7, 11) is 3.24. The van der Waals surface area contributed by atoms with Gasteiger partial charge in [0, 0.05) is 37.0 Å². The number of fused-ring (bicyclic) bond motifs is 1. The van der Waals surface area contributed by atoms with Gasteiger partial charge >= 0.3 is 0 Å². The molecule has 2 aromatic heterocycles. The molecule has 0 bridgehead atoms. The number of pyridine rings is 1. The minimum atomic E-state index is -0.525. The molecule has 2 aromatic carbocycles. The van der Waals surface area contributed by atoms with Crippen molar-refractivity contribution in [2.24, 2.45) is 0 Å². The molecule has 2 unspecified atom stereocenters. The fourth-order valence-corrected chi connectivity index (χ4v) is 4.22. The number of ketones is 1. The topological polar surface area (TPSA) is 65.4 Å². The number of anilines is 1. The molecule has 0 amide bonds. The van der Waals surface area contributed by atoms with Gasteiger partial charge in [0.15, 0.2) is 5.78 Å². The fourth-order valence-electron chi connectivity index (χ4n) is 4.22. The molecule has 6 nitrogen and oxygen atoms in total. The summed E-state index contributed by atoms with van der Waals surface area (Å²) in [5.74, 6) is 0.554. The van der Waals surface area contributed by atoms with Gasteiger partial charge in [-0.1, -0.05) is 54.6 Å². The molecule has 6 heteroatoms. The molecule has 0 aliphatic rings. The Bertz CT molecular complexity index is 1240. The summed E-state index contributed by atoms with van der Waals surface area (Å²) in [5, 5.41) is 4.42. The van der Waals surface area contributed by atoms with Crippen molar-refractivity contribution in [1.82, 2.24) is 9.55 Å². The van der Waals surface area contributed by atoms with Gasteiger partial charge in [0.2, 0.25) is 0 Å². The Hall–Kier alpha value is -3.90. The molecule has 4 rings (SSSR count). The van der Waals surface area contributed by atoms with Crippen LogP contribution in [0.3, 0.4) is 0 Å². The first-order valence-electron chi connectivity index (χ1n) is 11.2. The molecule has 0 spiro atoms. The van der Waals surface area contributed by atoms with E-state index in [1.807, 2.05) is 48.5 Å². The maximum Gasteiger partial charge on any atom is 0.181 e. The number of nitrogens with zero attached hydrogens (tertiary/aromatic N) is 2. The fraction of sp³-hybridized carbons (Fsp3) is 0.214. The highest BCUT2D eigenvalue weighted by Gasteiger charge is 2.24. The van der Waals surface area contributed by atoms with Gasteiger partial charge in [0.1, 0.15) is 5.82 Å². The van der Waals surface area contributed by atoms with Crippen LogP contribution in [-0.4, -0.2) is 42.2 Å². The van der Waals surface area contributed by atoms with E-state index < -0.39 is 6.04 Å². The van der Waals surface area contributed by atoms with E-state index in [0.29, 0.717) is 18.8 Å². The van der Waals surface area contributed by atoms with Gasteiger partial charge in [-0.05, 0) is 35.2 Å². The normalized spacial score (nSPS) is 13.1. The minimum absolute atomic E-state index is 0.0405. The Labute approximate surface area is 199 Å². The van der Waals surface area contributed by atoms with E-state index in [4.69, 9.17) is 9.47 Å². The summed E-state index contributed by atoms with van der Waals surface area (Å²) in [4.78, 5) is 17.5. The highest BCUT2D eigenvalue weighted by Crippen LogP contribution is 2.30. The second-order valence-electron chi connectivity index (χ2n) is 8.00. The Morgan fingerprint density at radius 3 is 2.53 bits per heavy atom. The first-order valence-corrected chi connectivity index (χ1v) is 11.2. The number of benzene rings is 2. The molecule has 174 valence electrons. The van der Waals surface area contributed by atoms with Crippen LogP contribution >= 0.6 is 0 Å². The monoisotopic (exact) mass is 455 g/mol. The molecular formula is C28H29N3O3. The largest absolute Gasteiger partial charge is 0.504 e. The van der Waals surface area contributed by atoms with Crippen molar-refractivity contribution >= 4 is 22.5 Å². The number of carbonyl (C=O) groups is 1. The molecule has 0 aliphatic heterocycles. The second kappa shape index (κ2) is 11.3. The van der Waals surface area contributed by atoms with Crippen molar-refractivity contribution in [3.63, 3.8) is 0 Å². The zero-order chi connectivity index (χ0) is 23.8. The zero-order valence-electron chi connectivity index (χ0n) is 19.4. The smallest absolute Gasteiger partial charge is 0.181 e. The maximum atomic E-state index is 13.1. The van der Waals surface area contributed by atoms with E-state index in [-0.39, 0.29) is 11.8 Å². The van der Waals surface area contributed by atoms with Gasteiger partial charge in [0.25, 0.3) is 0 Å². The van der Waals surface area contributed by atoms with Crippen molar-refractivity contribution in [3.8, 4) is 0 Å². The summed E-state index contributed by atoms with van der Waals surface area (Å²) in [6, 6.07) is 25.8. The lowest BCUT2D eigenvalue weighted by atomic mass is 10.0. The lowest BCUT2D eigenvalue weighted by molar-refractivity contribution is -0.115. The van der Waals surface area contributed by atoms with Crippen LogP contribution in [0, 0.1) is 0 Å². The van der Waals surface area contributed by atoms with E-state index in [2.05, 4.69) is 45.2 Å². The number of rotatable bonds is 11. The highest BCUT2D eigenvalue weighted by atomic mass is 16.5. The zero-order valence-corrected chi connectivity index (χ0v) is 19.4. The third-order valence-electron chi connectivity index (χ3n) is 5.76. The Kier molecular flexibility index (Phi) is 7.73. The van der Waals surface area contributed by atoms with E-state index in [1.54, 1.807) is 13.3 Å². The van der Waals surface area contributed by atoms with Crippen LogP contribution in [0.5, 0.6) is 0 Å². The number of ether oxygens (including phenoxy) is 2. The molecule has 0 saturated heterocycles. The number of carbonyl (C=O) groups excluding carboxylic acids is 1. The van der Waals surface area contributed by atoms with Crippen LogP contribution in [-0.2, 0) is 20.7 Å². The molecule has 0 radical (unpaired) electrons. The molecule has 0 fully saturated rings. The van der Waals surface area contributed by atoms with Crippen LogP contribution in [0.4, 0.5) is 5.82 Å². The van der Waals surface area contributed by atoms with Crippen molar-refractivity contribution in [3.05, 3.63) is 109 Å². The molecular weight excluding hydrogens is 426 g/mol. The third-order valence-corrected chi connectivity index (χ3v) is 5.76. The predicted octanol–water partition coefficient (Wildman–Crippen LogP) is 5.02. The molecule has 1 N–H and O–H groups in total. The van der Waals surface area contributed by atoms with Crippen LogP contribution in [0.1, 0.15) is 17.3 Å². The molecule has 0 saturated carbocycles. The van der Waals surface area contributed by atoms with Crippen molar-refractivity contribution in [2.75, 3.05) is 26.1 Å². The SMILES string of the molecule is COC=CC(=O)C(Cc1cc2ccccc2n1C(COC)c1ccccc1)Nc1ccccn1. The first kappa shape index (κ1) is 23.3. The van der Waals surface area contributed by atoms with Crippen LogP contribution < -0.4 is 5.32 Å². The van der Waals surface area contributed by atoms with E-state index in [1.165, 1.54) is 19.4 Å². The average Bonchev–Trinajstić information content (AvgIpc) is 3.24. The van der Waals surface area contributed by atoms with Crippen LogP contribution in [0.2, 0.25) is 0 Å². The second-order valence-corrected chi connectivity index (χ2v) is 8.00. The van der Waals surface area contributed by atoms with Crippen LogP contribution in [0.15, 0.2) is 97.4 Å². The average molecular weight is 456 g/mol. The van der Waals surface area contributed by atoms with Gasteiger partial charge < -0.3 is 19.4 Å². The molecule has 34 heavy (non-hydrogen) atoms. The molecule has 2 heterocycles. The van der Waals surface area contributed by atoms with E-state index >= 15 is 0 Å². The summed E-state index contributed by atoms with van der Waals surface area (Å²) >= 11 is 0. The van der Waals surface area contributed by atoms with Crippen molar-refractivity contribution in [1.29, 1.82) is 0 Å². The first-order chi connectivity index (χ1) is 16.7. The van der Waals surface area contributed by atoms with Gasteiger partial charge in [-0.3, -0.25) is 4.79 Å². The quantitative estimate of drug-likeness (QED) is 0.254. The summed E-state index contributed by atoms with van der Waals surface area (Å²) < 4.78 is 12.9. The van der Waals surface area contributed by atoms with Gasteiger partial charge in [-0.2, -0.15) is 0 Å². The number of hydrogen-bond donors (Lipinski definition) is 1. The molecule has 2 atom stereocenters. The number of methoxy groups -OCH3 is 2. The standard InChI is InChI=1S/C28H29N3O3/c1-33-17-15-27(32)24(30-28-14-8-9-16-29-28)19-23-18-22-12-6-7-13-25(22)31(23)26(20-34-2)21-10-4-3-5-11-21/h3-18,24,26H,19-20H2,1-2H3,(H,29,30). The molecule has 4 aromatic rings. The summed E-state index contributed by atoms with van der Waals surface area (Å²) in [5.41, 5.74) is 3.27. The van der Waals surface area contributed by atoms with Gasteiger partial charge in [-0.25, -0.2) is 4.98 Å². The minimum Gasteiger partial charge on any atom is -0.504 e. The number of nitrogens with one attached hydrogen (secondary N) is 1. The number of hydrogen-bond acceptors (Lipinski definition) is 5. The summed E-state index contributed by atoms with van der Waals surface area (Å²) in [6.07, 6.45) is 5.03. The number of aromatic nitrogens is 2. The Balaban J connectivity index is 1.78. The van der Waals surface area contributed by atoms with Crippen molar-refractivity contribution in [2.45, 2.75) is 18.5 Å². The number of para-hydroxylation sites is 1. The lowest BCUT2D eigenvalue weighted by Crippen LogP contribution is -2.32. The van der Waals surface area contributed by atoms with Crippen molar-refractivity contribution < 1.29 is 14.3 Å². The predicted molar refractivity (Wildman–Crippen MR) is 135 cm³/mol. The highest BCUT2D eigenvalue weighted by molar-refractivity contribution is 5.96. The Morgan fingerprint density at radius 1 is 1.03 bits per heavy atom. The third kappa shape index (κ3) is 5.35. The van der Waals surface area contributed by atoms with Crippen LogP contribution in [0.25, 0.3) is 10.9 Å². The molecule has 0 aliphatic carbocycles. The maximum absolute atomic E-state index is 13.1. The lowest BCUT2D eigenvalue weighted by Gasteiger charge is -2.25. The van der Waals surface area contributed by atoms with Gasteiger partial charge in [0.05, 0.1) is 32.1 Å². The summed E-state index contributed by atoms with van der Waals surface area (Å²) in [6.45, 7) is 0.506. The Morgan fingerprint density at radius 2 is 1.79 bits per heavy atom. The van der Waals surface area contributed by atoms with E-state index in [9.17, 15) is 4.79 Å².